The Balaban J connectivity index is 1.22. The molecule has 2 aliphatic rings. The second-order valence-electron chi connectivity index (χ2n) is 11.4. The van der Waals surface area contributed by atoms with Gasteiger partial charge in [-0.1, -0.05) is 36.4 Å². The van der Waals surface area contributed by atoms with E-state index in [0.717, 1.165) is 46.0 Å². The Morgan fingerprint density at radius 2 is 1.71 bits per heavy atom. The van der Waals surface area contributed by atoms with Crippen molar-refractivity contribution in [2.45, 2.75) is 57.0 Å². The van der Waals surface area contributed by atoms with Gasteiger partial charge >= 0.3 is 6.03 Å². The van der Waals surface area contributed by atoms with Crippen LogP contribution in [0.25, 0.3) is 10.8 Å². The van der Waals surface area contributed by atoms with E-state index >= 15 is 0 Å². The van der Waals surface area contributed by atoms with Gasteiger partial charge in [-0.25, -0.2) is 17.9 Å². The van der Waals surface area contributed by atoms with Crippen molar-refractivity contribution in [1.29, 1.82) is 0 Å². The molecule has 6 rings (SSSR count). The molecule has 3 amide bonds. The van der Waals surface area contributed by atoms with Gasteiger partial charge < -0.3 is 19.7 Å². The number of hydrogen-bond donors (Lipinski definition) is 2. The van der Waals surface area contributed by atoms with E-state index in [-0.39, 0.29) is 10.8 Å². The second kappa shape index (κ2) is 12.0. The van der Waals surface area contributed by atoms with Crippen molar-refractivity contribution in [2.75, 3.05) is 18.1 Å². The van der Waals surface area contributed by atoms with Gasteiger partial charge in [0.15, 0.2) is 0 Å². The number of nitrogens with zero attached hydrogens (tertiary/aromatic N) is 1. The van der Waals surface area contributed by atoms with E-state index in [1.807, 2.05) is 63.2 Å². The molecule has 11 heteroatoms. The number of sulfonamides is 1. The van der Waals surface area contributed by atoms with Crippen LogP contribution in [0, 0.1) is 6.92 Å². The molecule has 1 aliphatic carbocycles. The number of amides is 3. The summed E-state index contributed by atoms with van der Waals surface area (Å²) in [6.07, 6.45) is 1.99. The molecule has 1 aliphatic heterocycles. The number of ether oxygens (including phenoxy) is 2. The lowest BCUT2D eigenvalue weighted by Gasteiger charge is -2.21. The number of aryl methyl sites for hydroxylation is 1. The van der Waals surface area contributed by atoms with E-state index in [1.54, 1.807) is 23.1 Å². The lowest BCUT2D eigenvalue weighted by molar-refractivity contribution is 0.0997. The average molecular weight is 693 g/mol. The van der Waals surface area contributed by atoms with Gasteiger partial charge in [-0.15, -0.1) is 0 Å². The van der Waals surface area contributed by atoms with Crippen LogP contribution in [0.15, 0.2) is 76.1 Å². The minimum Gasteiger partial charge on any atom is -0.493 e. The molecule has 0 aromatic heterocycles. The standard InChI is InChI=1S/C34H34BrN3O6S/c1-4-43-27-11-8-9-23-18-28(44-5-2)24-20-38(32(39)31(24)30(23)27)26-14-13-22(17-21(26)3)19-34(15-16-34)36-33(40)37-45(41,42)29-12-7-6-10-25(29)35/h6-14,17-18H,4-5,15-16,19-20H2,1-3H3,(H2,36,37,40). The fourth-order valence-electron chi connectivity index (χ4n) is 6.07. The minimum atomic E-state index is -4.05. The lowest BCUT2D eigenvalue weighted by Crippen LogP contribution is -2.46. The van der Waals surface area contributed by atoms with Crippen LogP contribution in [0.2, 0.25) is 0 Å². The Hall–Kier alpha value is -4.09. The van der Waals surface area contributed by atoms with E-state index in [9.17, 15) is 18.0 Å². The summed E-state index contributed by atoms with van der Waals surface area (Å²) in [4.78, 5) is 28.6. The Morgan fingerprint density at radius 1 is 0.978 bits per heavy atom. The Labute approximate surface area is 271 Å². The maximum absolute atomic E-state index is 14.1. The van der Waals surface area contributed by atoms with Crippen molar-refractivity contribution in [2.24, 2.45) is 0 Å². The van der Waals surface area contributed by atoms with Crippen molar-refractivity contribution >= 4 is 54.4 Å². The number of anilines is 1. The Bertz CT molecular complexity index is 1940. The highest BCUT2D eigenvalue weighted by Crippen LogP contribution is 2.44. The van der Waals surface area contributed by atoms with Gasteiger partial charge in [0, 0.05) is 26.6 Å². The molecule has 2 N–H and O–H groups in total. The van der Waals surface area contributed by atoms with Crippen LogP contribution in [0.4, 0.5) is 10.5 Å². The first kappa shape index (κ1) is 30.9. The zero-order chi connectivity index (χ0) is 31.9. The van der Waals surface area contributed by atoms with Crippen LogP contribution in [0.5, 0.6) is 11.5 Å². The SMILES string of the molecule is CCOc1cc2cccc(OCC)c2c2c1CN(c1ccc(CC3(NC(=O)NS(=O)(=O)c4ccccc4Br)CC3)cc1C)C2=O. The molecule has 1 heterocycles. The minimum absolute atomic E-state index is 0.00897. The molecule has 234 valence electrons. The molecule has 0 bridgehead atoms. The van der Waals surface area contributed by atoms with E-state index in [4.69, 9.17) is 9.47 Å². The highest BCUT2D eigenvalue weighted by molar-refractivity contribution is 9.10. The van der Waals surface area contributed by atoms with Crippen LogP contribution in [-0.4, -0.2) is 39.1 Å². The molecule has 0 unspecified atom stereocenters. The molecule has 9 nitrogen and oxygen atoms in total. The zero-order valence-electron chi connectivity index (χ0n) is 25.3. The maximum atomic E-state index is 14.1. The van der Waals surface area contributed by atoms with Crippen molar-refractivity contribution in [3.63, 3.8) is 0 Å². The number of carbonyl (C=O) groups excluding carboxylic acids is 2. The molecule has 1 fully saturated rings. The molecule has 0 radical (unpaired) electrons. The molecule has 45 heavy (non-hydrogen) atoms. The first-order valence-electron chi connectivity index (χ1n) is 14.9. The summed E-state index contributed by atoms with van der Waals surface area (Å²) in [5, 5.41) is 4.57. The van der Waals surface area contributed by atoms with Gasteiger partial charge in [0.05, 0.1) is 25.3 Å². The van der Waals surface area contributed by atoms with E-state index in [1.165, 1.54) is 6.07 Å². The predicted molar refractivity (Wildman–Crippen MR) is 177 cm³/mol. The number of hydrogen-bond acceptors (Lipinski definition) is 6. The monoisotopic (exact) mass is 691 g/mol. The Kier molecular flexibility index (Phi) is 8.26. The summed E-state index contributed by atoms with van der Waals surface area (Å²) in [6.45, 7) is 7.15. The summed E-state index contributed by atoms with van der Waals surface area (Å²) in [5.41, 5.74) is 3.59. The van der Waals surface area contributed by atoms with Gasteiger partial charge in [0.25, 0.3) is 15.9 Å². The first-order chi connectivity index (χ1) is 21.6. The molecular weight excluding hydrogens is 658 g/mol. The number of halogens is 1. The van der Waals surface area contributed by atoms with Crippen molar-refractivity contribution in [1.82, 2.24) is 10.0 Å². The summed E-state index contributed by atoms with van der Waals surface area (Å²) in [5.74, 6) is 1.26. The van der Waals surface area contributed by atoms with Crippen LogP contribution in [0.3, 0.4) is 0 Å². The summed E-state index contributed by atoms with van der Waals surface area (Å²) < 4.78 is 40.0. The van der Waals surface area contributed by atoms with Gasteiger partial charge in [0.1, 0.15) is 16.4 Å². The van der Waals surface area contributed by atoms with Crippen molar-refractivity contribution in [3.05, 3.63) is 93.5 Å². The topological polar surface area (TPSA) is 114 Å². The number of urea groups is 1. The van der Waals surface area contributed by atoms with E-state index in [0.29, 0.717) is 47.7 Å². The van der Waals surface area contributed by atoms with Gasteiger partial charge in [0.2, 0.25) is 0 Å². The molecule has 0 saturated heterocycles. The number of nitrogens with one attached hydrogen (secondary N) is 2. The fraction of sp³-hybridized carbons (Fsp3) is 0.294. The number of carbonyl (C=O) groups is 2. The smallest absolute Gasteiger partial charge is 0.329 e. The van der Waals surface area contributed by atoms with Crippen LogP contribution >= 0.6 is 15.9 Å². The number of rotatable bonds is 10. The van der Waals surface area contributed by atoms with E-state index < -0.39 is 21.6 Å². The molecular formula is C34H34BrN3O6S. The highest BCUT2D eigenvalue weighted by Gasteiger charge is 2.45. The predicted octanol–water partition coefficient (Wildman–Crippen LogP) is 6.63. The molecule has 0 atom stereocenters. The van der Waals surface area contributed by atoms with Crippen molar-refractivity contribution < 1.29 is 27.5 Å². The van der Waals surface area contributed by atoms with Gasteiger partial charge in [-0.2, -0.15) is 0 Å². The largest absolute Gasteiger partial charge is 0.493 e. The summed E-state index contributed by atoms with van der Waals surface area (Å²) in [6, 6.07) is 19.2. The summed E-state index contributed by atoms with van der Waals surface area (Å²) in [7, 11) is -4.05. The third-order valence-electron chi connectivity index (χ3n) is 8.25. The second-order valence-corrected chi connectivity index (χ2v) is 13.9. The Morgan fingerprint density at radius 3 is 2.40 bits per heavy atom. The van der Waals surface area contributed by atoms with Crippen LogP contribution in [0.1, 0.15) is 53.7 Å². The zero-order valence-corrected chi connectivity index (χ0v) is 27.7. The summed E-state index contributed by atoms with van der Waals surface area (Å²) >= 11 is 3.23. The van der Waals surface area contributed by atoms with Crippen LogP contribution in [-0.2, 0) is 23.0 Å². The molecule has 1 saturated carbocycles. The number of fused-ring (bicyclic) bond motifs is 3. The fourth-order valence-corrected chi connectivity index (χ4v) is 7.99. The molecule has 0 spiro atoms. The van der Waals surface area contributed by atoms with Gasteiger partial charge in [-0.05, 0) is 103 Å². The lowest BCUT2D eigenvalue weighted by atomic mass is 9.98. The normalized spacial score (nSPS) is 15.1. The highest BCUT2D eigenvalue weighted by atomic mass is 79.9. The third-order valence-corrected chi connectivity index (χ3v) is 10.6. The average Bonchev–Trinajstić information content (AvgIpc) is 3.64. The molecule has 4 aromatic carbocycles. The van der Waals surface area contributed by atoms with E-state index in [2.05, 4.69) is 26.0 Å². The van der Waals surface area contributed by atoms with Crippen LogP contribution < -0.4 is 24.4 Å². The maximum Gasteiger partial charge on any atom is 0.329 e. The quantitative estimate of drug-likeness (QED) is 0.193. The third kappa shape index (κ3) is 5.98. The van der Waals surface area contributed by atoms with Crippen molar-refractivity contribution in [3.8, 4) is 11.5 Å². The van der Waals surface area contributed by atoms with Gasteiger partial charge in [-0.3, -0.25) is 4.79 Å². The first-order valence-corrected chi connectivity index (χ1v) is 17.2. The molecule has 4 aromatic rings. The number of benzene rings is 4.